The highest BCUT2D eigenvalue weighted by molar-refractivity contribution is 6.02. The van der Waals surface area contributed by atoms with Crippen molar-refractivity contribution in [3.8, 4) is 11.1 Å². The number of benzene rings is 1. The van der Waals surface area contributed by atoms with Crippen LogP contribution in [0.5, 0.6) is 0 Å². The maximum Gasteiger partial charge on any atom is 0.252 e. The summed E-state index contributed by atoms with van der Waals surface area (Å²) >= 11 is 0. The van der Waals surface area contributed by atoms with Crippen molar-refractivity contribution in [3.63, 3.8) is 0 Å². The summed E-state index contributed by atoms with van der Waals surface area (Å²) in [6, 6.07) is 11.3. The molecule has 4 rings (SSSR count). The Morgan fingerprint density at radius 3 is 2.76 bits per heavy atom. The first-order valence-electron chi connectivity index (χ1n) is 9.36. The molecule has 6 nitrogen and oxygen atoms in total. The second kappa shape index (κ2) is 6.84. The zero-order valence-electron chi connectivity index (χ0n) is 16.5. The van der Waals surface area contributed by atoms with Crippen LogP contribution in [0.3, 0.4) is 0 Å². The predicted octanol–water partition coefficient (Wildman–Crippen LogP) is 4.20. The molecule has 0 radical (unpaired) electrons. The Morgan fingerprint density at radius 2 is 2.03 bits per heavy atom. The van der Waals surface area contributed by atoms with Crippen LogP contribution in [0, 0.1) is 0 Å². The molecular formula is C22H22FN5O. The molecule has 29 heavy (non-hydrogen) atoms. The fourth-order valence-electron chi connectivity index (χ4n) is 3.20. The number of halogens is 1. The van der Waals surface area contributed by atoms with E-state index in [2.05, 4.69) is 15.4 Å². The zero-order chi connectivity index (χ0) is 20.8. The number of nitrogens with zero attached hydrogens (tertiary/aromatic N) is 3. The molecule has 1 amide bonds. The molecule has 1 unspecified atom stereocenters. The molecular weight excluding hydrogens is 369 g/mol. The molecule has 0 aliphatic rings. The molecule has 0 bridgehead atoms. The van der Waals surface area contributed by atoms with Crippen molar-refractivity contribution >= 4 is 28.0 Å². The SMILES string of the molecule is CC(Nc1c(C(N)=O)cnn2cc(-c3ccc4ncccc4c3)cc12)C(C)(C)F. The molecule has 3 heterocycles. The summed E-state index contributed by atoms with van der Waals surface area (Å²) in [6.45, 7) is 4.70. The van der Waals surface area contributed by atoms with Gasteiger partial charge in [0, 0.05) is 23.3 Å². The normalized spacial score (nSPS) is 13.0. The van der Waals surface area contributed by atoms with Gasteiger partial charge in [0.05, 0.1) is 34.5 Å². The van der Waals surface area contributed by atoms with Crippen molar-refractivity contribution in [2.24, 2.45) is 5.73 Å². The minimum absolute atomic E-state index is 0.223. The number of primary amides is 1. The fourth-order valence-corrected chi connectivity index (χ4v) is 3.20. The van der Waals surface area contributed by atoms with E-state index in [-0.39, 0.29) is 5.56 Å². The van der Waals surface area contributed by atoms with E-state index < -0.39 is 17.6 Å². The van der Waals surface area contributed by atoms with Crippen LogP contribution in [0.4, 0.5) is 10.1 Å². The standard InChI is InChI=1S/C22H22FN5O/c1-13(22(2,3)23)27-20-17(21(24)29)11-26-28-12-16(10-19(20)28)14-6-7-18-15(9-14)5-4-8-25-18/h4-13,27H,1-3H3,(H2,24,29). The summed E-state index contributed by atoms with van der Waals surface area (Å²) < 4.78 is 16.1. The molecule has 0 aliphatic carbocycles. The maximum absolute atomic E-state index is 14.4. The van der Waals surface area contributed by atoms with E-state index in [0.717, 1.165) is 22.0 Å². The van der Waals surface area contributed by atoms with Gasteiger partial charge in [0.2, 0.25) is 0 Å². The first-order valence-corrected chi connectivity index (χ1v) is 9.36. The zero-order valence-corrected chi connectivity index (χ0v) is 16.5. The van der Waals surface area contributed by atoms with E-state index in [1.54, 1.807) is 17.6 Å². The summed E-state index contributed by atoms with van der Waals surface area (Å²) in [4.78, 5) is 16.3. The fraction of sp³-hybridized carbons (Fsp3) is 0.227. The Hall–Kier alpha value is -3.48. The Balaban J connectivity index is 1.86. The number of nitrogens with two attached hydrogens (primary N) is 1. The molecule has 1 atom stereocenters. The van der Waals surface area contributed by atoms with Gasteiger partial charge in [-0.2, -0.15) is 5.10 Å². The van der Waals surface area contributed by atoms with Crippen molar-refractivity contribution in [3.05, 3.63) is 60.6 Å². The number of hydrogen-bond donors (Lipinski definition) is 2. The number of rotatable bonds is 5. The molecule has 7 heteroatoms. The van der Waals surface area contributed by atoms with E-state index in [1.807, 2.05) is 42.6 Å². The van der Waals surface area contributed by atoms with E-state index in [1.165, 1.54) is 20.0 Å². The molecule has 0 fully saturated rings. The third-order valence-corrected chi connectivity index (χ3v) is 5.23. The highest BCUT2D eigenvalue weighted by Gasteiger charge is 2.27. The molecule has 1 aromatic carbocycles. The first-order chi connectivity index (χ1) is 13.7. The van der Waals surface area contributed by atoms with Gasteiger partial charge in [0.25, 0.3) is 5.91 Å². The lowest BCUT2D eigenvalue weighted by molar-refractivity contribution is 0.1000. The number of hydrogen-bond acceptors (Lipinski definition) is 4. The minimum atomic E-state index is -1.49. The van der Waals surface area contributed by atoms with Crippen LogP contribution in [0.25, 0.3) is 27.5 Å². The molecule has 4 aromatic rings. The molecule has 0 aliphatic heterocycles. The van der Waals surface area contributed by atoms with Crippen LogP contribution < -0.4 is 11.1 Å². The van der Waals surface area contributed by atoms with Crippen LogP contribution in [0.1, 0.15) is 31.1 Å². The number of carbonyl (C=O) groups excluding carboxylic acids is 1. The van der Waals surface area contributed by atoms with Gasteiger partial charge in [0.15, 0.2) is 0 Å². The average molecular weight is 391 g/mol. The van der Waals surface area contributed by atoms with Gasteiger partial charge in [-0.15, -0.1) is 0 Å². The number of nitrogens with one attached hydrogen (secondary N) is 1. The lowest BCUT2D eigenvalue weighted by Crippen LogP contribution is -2.36. The topological polar surface area (TPSA) is 85.3 Å². The van der Waals surface area contributed by atoms with Crippen LogP contribution in [-0.4, -0.2) is 32.2 Å². The summed E-state index contributed by atoms with van der Waals surface area (Å²) in [6.07, 6.45) is 5.03. The second-order valence-electron chi connectivity index (χ2n) is 7.70. The Morgan fingerprint density at radius 1 is 1.24 bits per heavy atom. The number of carbonyl (C=O) groups is 1. The highest BCUT2D eigenvalue weighted by atomic mass is 19.1. The minimum Gasteiger partial charge on any atom is -0.377 e. The van der Waals surface area contributed by atoms with Crippen molar-refractivity contribution in [2.45, 2.75) is 32.5 Å². The molecule has 3 N–H and O–H groups in total. The van der Waals surface area contributed by atoms with Gasteiger partial charge in [0.1, 0.15) is 5.67 Å². The number of aromatic nitrogens is 3. The third kappa shape index (κ3) is 3.51. The number of fused-ring (bicyclic) bond motifs is 2. The number of alkyl halides is 1. The number of anilines is 1. The summed E-state index contributed by atoms with van der Waals surface area (Å²) in [5, 5.41) is 8.46. The summed E-state index contributed by atoms with van der Waals surface area (Å²) in [7, 11) is 0. The van der Waals surface area contributed by atoms with Crippen LogP contribution in [0.15, 0.2) is 55.0 Å². The van der Waals surface area contributed by atoms with Crippen LogP contribution in [-0.2, 0) is 0 Å². The Kier molecular flexibility index (Phi) is 4.45. The molecule has 148 valence electrons. The smallest absolute Gasteiger partial charge is 0.252 e. The summed E-state index contributed by atoms with van der Waals surface area (Å²) in [5.41, 5.74) is 8.21. The van der Waals surface area contributed by atoms with E-state index in [9.17, 15) is 9.18 Å². The van der Waals surface area contributed by atoms with Crippen molar-refractivity contribution in [1.82, 2.24) is 14.6 Å². The number of amides is 1. The van der Waals surface area contributed by atoms with Gasteiger partial charge in [-0.3, -0.25) is 9.78 Å². The number of pyridine rings is 1. The van der Waals surface area contributed by atoms with Gasteiger partial charge in [-0.05, 0) is 50.6 Å². The second-order valence-corrected chi connectivity index (χ2v) is 7.70. The molecule has 0 saturated heterocycles. The van der Waals surface area contributed by atoms with Crippen LogP contribution >= 0.6 is 0 Å². The third-order valence-electron chi connectivity index (χ3n) is 5.23. The lowest BCUT2D eigenvalue weighted by Gasteiger charge is -2.26. The van der Waals surface area contributed by atoms with Gasteiger partial charge in [-0.25, -0.2) is 8.91 Å². The van der Waals surface area contributed by atoms with E-state index in [4.69, 9.17) is 5.73 Å². The lowest BCUT2D eigenvalue weighted by atomic mass is 10.0. The molecule has 0 spiro atoms. The van der Waals surface area contributed by atoms with Gasteiger partial charge < -0.3 is 11.1 Å². The van der Waals surface area contributed by atoms with Gasteiger partial charge >= 0.3 is 0 Å². The highest BCUT2D eigenvalue weighted by Crippen LogP contribution is 2.31. The molecule has 3 aromatic heterocycles. The van der Waals surface area contributed by atoms with Crippen molar-refractivity contribution < 1.29 is 9.18 Å². The van der Waals surface area contributed by atoms with E-state index >= 15 is 0 Å². The maximum atomic E-state index is 14.4. The van der Waals surface area contributed by atoms with Crippen LogP contribution in [0.2, 0.25) is 0 Å². The average Bonchev–Trinajstić information content (AvgIpc) is 3.11. The monoisotopic (exact) mass is 391 g/mol. The van der Waals surface area contributed by atoms with Gasteiger partial charge in [-0.1, -0.05) is 12.1 Å². The predicted molar refractivity (Wildman–Crippen MR) is 113 cm³/mol. The largest absolute Gasteiger partial charge is 0.377 e. The van der Waals surface area contributed by atoms with Crippen molar-refractivity contribution in [1.29, 1.82) is 0 Å². The Labute approximate surface area is 167 Å². The quantitative estimate of drug-likeness (QED) is 0.534. The summed E-state index contributed by atoms with van der Waals surface area (Å²) in [5.74, 6) is -0.620. The molecule has 0 saturated carbocycles. The van der Waals surface area contributed by atoms with E-state index in [0.29, 0.717) is 11.2 Å². The first kappa shape index (κ1) is 18.9. The Bertz CT molecular complexity index is 1230. The van der Waals surface area contributed by atoms with Crippen molar-refractivity contribution in [2.75, 3.05) is 5.32 Å².